The Morgan fingerprint density at radius 3 is 2.28 bits per heavy atom. The Hall–Kier alpha value is -1.60. The van der Waals surface area contributed by atoms with Crippen LogP contribution < -0.4 is 0 Å². The molecule has 2 aliphatic heterocycles. The van der Waals surface area contributed by atoms with Crippen molar-refractivity contribution in [2.75, 3.05) is 25.9 Å². The van der Waals surface area contributed by atoms with Crippen LogP contribution in [0.3, 0.4) is 0 Å². The van der Waals surface area contributed by atoms with Crippen LogP contribution in [-0.2, 0) is 14.8 Å². The number of phenolic OH excluding ortho intramolecular Hbond substituents is 1. The molecule has 7 heteroatoms. The van der Waals surface area contributed by atoms with Crippen LogP contribution in [0.1, 0.15) is 43.6 Å². The van der Waals surface area contributed by atoms with Crippen molar-refractivity contribution in [3.8, 4) is 5.75 Å². The molecule has 0 aliphatic carbocycles. The predicted octanol–water partition coefficient (Wildman–Crippen LogP) is 1.91. The van der Waals surface area contributed by atoms with E-state index in [2.05, 4.69) is 0 Å². The van der Waals surface area contributed by atoms with Gasteiger partial charge in [-0.15, -0.1) is 0 Å². The Labute approximate surface area is 149 Å². The van der Waals surface area contributed by atoms with Gasteiger partial charge in [-0.1, -0.05) is 18.6 Å². The van der Waals surface area contributed by atoms with Gasteiger partial charge in [0.25, 0.3) is 0 Å². The minimum atomic E-state index is -3.35. The molecule has 0 bridgehead atoms. The zero-order chi connectivity index (χ0) is 18.0. The summed E-state index contributed by atoms with van der Waals surface area (Å²) < 4.78 is 25.3. The maximum Gasteiger partial charge on any atom is 0.241 e. The van der Waals surface area contributed by atoms with E-state index in [-0.39, 0.29) is 11.7 Å². The first-order valence-electron chi connectivity index (χ1n) is 8.91. The Bertz CT molecular complexity index is 709. The summed E-state index contributed by atoms with van der Waals surface area (Å²) in [6.45, 7) is 1.75. The number of nitrogens with zero attached hydrogens (tertiary/aromatic N) is 2. The number of likely N-dealkylation sites (tertiary alicyclic amines) is 1. The van der Waals surface area contributed by atoms with E-state index in [1.807, 2.05) is 17.0 Å². The summed E-state index contributed by atoms with van der Waals surface area (Å²) in [7, 11) is -3.35. The van der Waals surface area contributed by atoms with Crippen LogP contribution >= 0.6 is 0 Å². The number of sulfonamides is 1. The minimum Gasteiger partial charge on any atom is -0.508 e. The summed E-state index contributed by atoms with van der Waals surface area (Å²) in [6.07, 6.45) is 5.25. The Balaban J connectivity index is 1.63. The highest BCUT2D eigenvalue weighted by Crippen LogP contribution is 2.30. The third-order valence-electron chi connectivity index (χ3n) is 5.34. The highest BCUT2D eigenvalue weighted by atomic mass is 32.2. The third kappa shape index (κ3) is 4.15. The van der Waals surface area contributed by atoms with Gasteiger partial charge in [0.05, 0.1) is 6.26 Å². The van der Waals surface area contributed by atoms with Crippen LogP contribution in [0.25, 0.3) is 0 Å². The topological polar surface area (TPSA) is 77.9 Å². The fourth-order valence-electron chi connectivity index (χ4n) is 3.94. The van der Waals surface area contributed by atoms with Gasteiger partial charge >= 0.3 is 0 Å². The van der Waals surface area contributed by atoms with Crippen molar-refractivity contribution in [1.29, 1.82) is 0 Å². The van der Waals surface area contributed by atoms with Crippen molar-refractivity contribution in [3.63, 3.8) is 0 Å². The first kappa shape index (κ1) is 18.2. The third-order valence-corrected chi connectivity index (χ3v) is 6.62. The molecule has 1 amide bonds. The van der Waals surface area contributed by atoms with Gasteiger partial charge in [-0.05, 0) is 49.3 Å². The van der Waals surface area contributed by atoms with Crippen molar-refractivity contribution in [1.82, 2.24) is 9.21 Å². The zero-order valence-electron chi connectivity index (χ0n) is 14.6. The van der Waals surface area contributed by atoms with Crippen LogP contribution in [-0.4, -0.2) is 60.6 Å². The molecule has 3 rings (SSSR count). The number of carbonyl (C=O) groups is 1. The minimum absolute atomic E-state index is 0.0470. The summed E-state index contributed by atoms with van der Waals surface area (Å²) in [5.74, 6) is 0.589. The Morgan fingerprint density at radius 1 is 1.04 bits per heavy atom. The molecular weight excluding hydrogens is 340 g/mol. The van der Waals surface area contributed by atoms with Gasteiger partial charge in [-0.3, -0.25) is 4.79 Å². The largest absolute Gasteiger partial charge is 0.508 e. The van der Waals surface area contributed by atoms with Crippen molar-refractivity contribution in [2.45, 2.75) is 44.1 Å². The Morgan fingerprint density at radius 2 is 1.68 bits per heavy atom. The monoisotopic (exact) mass is 366 g/mol. The molecule has 2 aliphatic rings. The molecule has 1 aromatic carbocycles. The number of carbonyl (C=O) groups excluding carboxylic acids is 1. The van der Waals surface area contributed by atoms with E-state index >= 15 is 0 Å². The van der Waals surface area contributed by atoms with Gasteiger partial charge in [0.15, 0.2) is 0 Å². The molecule has 2 heterocycles. The summed E-state index contributed by atoms with van der Waals surface area (Å²) >= 11 is 0. The fourth-order valence-corrected chi connectivity index (χ4v) is 5.06. The standard InChI is InChI=1S/C18H26N2O4S/c1-25(23,24)20-11-3-2-4-17(20)18(22)19-12-9-15(10-13-19)14-5-7-16(21)8-6-14/h5-8,15,17,21H,2-4,9-13H2,1H3. The van der Waals surface area contributed by atoms with E-state index < -0.39 is 16.1 Å². The molecule has 1 aromatic rings. The Kier molecular flexibility index (Phi) is 5.34. The van der Waals surface area contributed by atoms with Gasteiger partial charge in [0.2, 0.25) is 15.9 Å². The van der Waals surface area contributed by atoms with Gasteiger partial charge < -0.3 is 10.0 Å². The molecule has 1 N–H and O–H groups in total. The highest BCUT2D eigenvalue weighted by molar-refractivity contribution is 7.88. The lowest BCUT2D eigenvalue weighted by atomic mass is 9.89. The van der Waals surface area contributed by atoms with Crippen LogP contribution in [0.2, 0.25) is 0 Å². The lowest BCUT2D eigenvalue weighted by Gasteiger charge is -2.39. The molecule has 0 radical (unpaired) electrons. The van der Waals surface area contributed by atoms with E-state index in [9.17, 15) is 18.3 Å². The van der Waals surface area contributed by atoms with Crippen molar-refractivity contribution < 1.29 is 18.3 Å². The molecule has 1 atom stereocenters. The average molecular weight is 366 g/mol. The molecule has 0 saturated carbocycles. The van der Waals surface area contributed by atoms with E-state index in [1.54, 1.807) is 12.1 Å². The number of hydrogen-bond donors (Lipinski definition) is 1. The SMILES string of the molecule is CS(=O)(=O)N1CCCCC1C(=O)N1CCC(c2ccc(O)cc2)CC1. The molecule has 2 saturated heterocycles. The van der Waals surface area contributed by atoms with Crippen LogP contribution in [0.4, 0.5) is 0 Å². The second-order valence-corrected chi connectivity index (χ2v) is 9.01. The van der Waals surface area contributed by atoms with Crippen LogP contribution in [0.15, 0.2) is 24.3 Å². The number of rotatable bonds is 3. The average Bonchev–Trinajstić information content (AvgIpc) is 2.61. The number of piperidine rings is 2. The van der Waals surface area contributed by atoms with Gasteiger partial charge in [0, 0.05) is 19.6 Å². The molecule has 138 valence electrons. The molecule has 25 heavy (non-hydrogen) atoms. The molecule has 0 aromatic heterocycles. The summed E-state index contributed by atoms with van der Waals surface area (Å²) in [5.41, 5.74) is 1.18. The van der Waals surface area contributed by atoms with E-state index in [0.717, 1.165) is 25.7 Å². The first-order chi connectivity index (χ1) is 11.9. The second-order valence-electron chi connectivity index (χ2n) is 7.08. The summed E-state index contributed by atoms with van der Waals surface area (Å²) in [5, 5.41) is 9.40. The lowest BCUT2D eigenvalue weighted by molar-refractivity contribution is -0.137. The highest BCUT2D eigenvalue weighted by Gasteiger charge is 2.37. The number of benzene rings is 1. The number of hydrogen-bond acceptors (Lipinski definition) is 4. The van der Waals surface area contributed by atoms with Gasteiger partial charge in [-0.2, -0.15) is 4.31 Å². The lowest BCUT2D eigenvalue weighted by Crippen LogP contribution is -2.53. The second kappa shape index (κ2) is 7.33. The van der Waals surface area contributed by atoms with Crippen molar-refractivity contribution in [3.05, 3.63) is 29.8 Å². The van der Waals surface area contributed by atoms with E-state index in [1.165, 1.54) is 16.1 Å². The fraction of sp³-hybridized carbons (Fsp3) is 0.611. The molecular formula is C18H26N2O4S. The molecule has 2 fully saturated rings. The van der Waals surface area contributed by atoms with Crippen LogP contribution in [0, 0.1) is 0 Å². The maximum absolute atomic E-state index is 12.9. The predicted molar refractivity (Wildman–Crippen MR) is 95.9 cm³/mol. The quantitative estimate of drug-likeness (QED) is 0.886. The summed E-state index contributed by atoms with van der Waals surface area (Å²) in [6, 6.07) is 6.72. The first-order valence-corrected chi connectivity index (χ1v) is 10.8. The van der Waals surface area contributed by atoms with E-state index in [4.69, 9.17) is 0 Å². The molecule has 1 unspecified atom stereocenters. The van der Waals surface area contributed by atoms with Crippen molar-refractivity contribution in [2.24, 2.45) is 0 Å². The van der Waals surface area contributed by atoms with Gasteiger partial charge in [-0.25, -0.2) is 8.42 Å². The number of phenols is 1. The van der Waals surface area contributed by atoms with Crippen LogP contribution in [0.5, 0.6) is 5.75 Å². The van der Waals surface area contributed by atoms with E-state index in [0.29, 0.717) is 32.0 Å². The molecule has 6 nitrogen and oxygen atoms in total. The smallest absolute Gasteiger partial charge is 0.241 e. The summed E-state index contributed by atoms with van der Waals surface area (Å²) in [4.78, 5) is 14.7. The normalized spacial score (nSPS) is 23.6. The number of amides is 1. The van der Waals surface area contributed by atoms with Crippen molar-refractivity contribution >= 4 is 15.9 Å². The molecule has 0 spiro atoms. The maximum atomic E-state index is 12.9. The zero-order valence-corrected chi connectivity index (χ0v) is 15.4. The van der Waals surface area contributed by atoms with Gasteiger partial charge in [0.1, 0.15) is 11.8 Å². The number of aromatic hydroxyl groups is 1.